The molecule has 0 spiro atoms. The van der Waals surface area contributed by atoms with Crippen molar-refractivity contribution in [2.45, 2.75) is 33.1 Å². The molecule has 0 aliphatic heterocycles. The van der Waals surface area contributed by atoms with Gasteiger partial charge in [0.25, 0.3) is 0 Å². The van der Waals surface area contributed by atoms with Gasteiger partial charge < -0.3 is 0 Å². The van der Waals surface area contributed by atoms with Crippen molar-refractivity contribution < 1.29 is 4.79 Å². The molecule has 0 saturated carbocycles. The molecule has 0 rings (SSSR count). The van der Waals surface area contributed by atoms with Gasteiger partial charge in [-0.2, -0.15) is 0 Å². The zero-order chi connectivity index (χ0) is 8.53. The van der Waals surface area contributed by atoms with E-state index in [-0.39, 0.29) is 5.78 Å². The molecule has 0 aromatic heterocycles. The monoisotopic (exact) mass is 150 g/mol. The molecule has 1 heteroatoms. The number of ketones is 1. The van der Waals surface area contributed by atoms with Gasteiger partial charge >= 0.3 is 0 Å². The first kappa shape index (κ1) is 9.97. The Morgan fingerprint density at radius 3 is 2.82 bits per heavy atom. The molecular formula is C10H14O. The smallest absolute Gasteiger partial charge is 0.155 e. The van der Waals surface area contributed by atoms with Crippen LogP contribution in [-0.2, 0) is 4.79 Å². The Morgan fingerprint density at radius 1 is 1.55 bits per heavy atom. The Kier molecular flexibility index (Phi) is 6.42. The van der Waals surface area contributed by atoms with Gasteiger partial charge in [-0.05, 0) is 26.3 Å². The van der Waals surface area contributed by atoms with Crippen LogP contribution in [0.25, 0.3) is 0 Å². The summed E-state index contributed by atoms with van der Waals surface area (Å²) in [6, 6.07) is 0. The average molecular weight is 150 g/mol. The van der Waals surface area contributed by atoms with Gasteiger partial charge in [-0.3, -0.25) is 4.79 Å². The zero-order valence-corrected chi connectivity index (χ0v) is 7.18. The lowest BCUT2D eigenvalue weighted by Crippen LogP contribution is -1.90. The van der Waals surface area contributed by atoms with Crippen LogP contribution < -0.4 is 0 Å². The fourth-order valence-electron chi connectivity index (χ4n) is 0.745. The highest BCUT2D eigenvalue weighted by molar-refractivity contribution is 5.89. The Morgan fingerprint density at radius 2 is 2.27 bits per heavy atom. The second-order valence-corrected chi connectivity index (χ2v) is 2.25. The normalized spacial score (nSPS) is 9.27. The maximum Gasteiger partial charge on any atom is 0.155 e. The predicted octanol–water partition coefficient (Wildman–Crippen LogP) is 2.33. The van der Waals surface area contributed by atoms with Gasteiger partial charge in [0.15, 0.2) is 5.78 Å². The molecule has 0 aliphatic rings. The highest BCUT2D eigenvalue weighted by atomic mass is 16.1. The van der Waals surface area contributed by atoms with Crippen molar-refractivity contribution in [1.82, 2.24) is 0 Å². The van der Waals surface area contributed by atoms with Crippen LogP contribution >= 0.6 is 0 Å². The standard InChI is InChI=1S/C10H14O/c1-3-5-6-7-9-10(11)8-4-2/h4,8H,6-7,9H2,1-2H3/b8-4+. The molecule has 0 bridgehead atoms. The second-order valence-electron chi connectivity index (χ2n) is 2.25. The van der Waals surface area contributed by atoms with Crippen LogP contribution in [0.3, 0.4) is 0 Å². The number of rotatable bonds is 4. The molecule has 0 heterocycles. The summed E-state index contributed by atoms with van der Waals surface area (Å²) in [6.07, 6.45) is 5.72. The van der Waals surface area contributed by atoms with Crippen LogP contribution in [0.5, 0.6) is 0 Å². The van der Waals surface area contributed by atoms with E-state index in [4.69, 9.17) is 0 Å². The largest absolute Gasteiger partial charge is 0.295 e. The number of hydrogen-bond acceptors (Lipinski definition) is 1. The van der Waals surface area contributed by atoms with Crippen molar-refractivity contribution in [3.05, 3.63) is 12.2 Å². The van der Waals surface area contributed by atoms with Crippen LogP contribution in [0.4, 0.5) is 0 Å². The van der Waals surface area contributed by atoms with Gasteiger partial charge in [0.2, 0.25) is 0 Å². The van der Waals surface area contributed by atoms with Gasteiger partial charge in [0, 0.05) is 12.8 Å². The van der Waals surface area contributed by atoms with Gasteiger partial charge in [-0.15, -0.1) is 11.8 Å². The summed E-state index contributed by atoms with van der Waals surface area (Å²) in [5, 5.41) is 0. The SMILES string of the molecule is CC#CCCCC(=O)/C=C/C. The maximum atomic E-state index is 10.9. The fraction of sp³-hybridized carbons (Fsp3) is 0.500. The minimum atomic E-state index is 0.199. The lowest BCUT2D eigenvalue weighted by Gasteiger charge is -1.89. The molecule has 0 saturated heterocycles. The fourth-order valence-corrected chi connectivity index (χ4v) is 0.745. The van der Waals surface area contributed by atoms with Crippen LogP contribution in [0.15, 0.2) is 12.2 Å². The summed E-state index contributed by atoms with van der Waals surface area (Å²) < 4.78 is 0. The van der Waals surface area contributed by atoms with Crippen LogP contribution in [0.2, 0.25) is 0 Å². The van der Waals surface area contributed by atoms with Crippen molar-refractivity contribution in [2.24, 2.45) is 0 Å². The molecule has 0 N–H and O–H groups in total. The van der Waals surface area contributed by atoms with E-state index >= 15 is 0 Å². The minimum absolute atomic E-state index is 0.199. The molecule has 0 aromatic carbocycles. The molecule has 0 amide bonds. The maximum absolute atomic E-state index is 10.9. The molecule has 0 radical (unpaired) electrons. The molecule has 0 aromatic rings. The summed E-state index contributed by atoms with van der Waals surface area (Å²) in [6.45, 7) is 3.66. The highest BCUT2D eigenvalue weighted by Crippen LogP contribution is 1.95. The molecule has 11 heavy (non-hydrogen) atoms. The third kappa shape index (κ3) is 6.86. The van der Waals surface area contributed by atoms with Gasteiger partial charge in [-0.25, -0.2) is 0 Å². The first-order valence-electron chi connectivity index (χ1n) is 3.86. The minimum Gasteiger partial charge on any atom is -0.295 e. The zero-order valence-electron chi connectivity index (χ0n) is 7.18. The Labute approximate surface area is 68.5 Å². The number of hydrogen-bond donors (Lipinski definition) is 0. The first-order valence-corrected chi connectivity index (χ1v) is 3.86. The third-order valence-electron chi connectivity index (χ3n) is 1.25. The van der Waals surface area contributed by atoms with Crippen LogP contribution in [0, 0.1) is 11.8 Å². The van der Waals surface area contributed by atoms with E-state index in [1.54, 1.807) is 12.2 Å². The summed E-state index contributed by atoms with van der Waals surface area (Å²) in [4.78, 5) is 10.9. The van der Waals surface area contributed by atoms with Crippen molar-refractivity contribution in [1.29, 1.82) is 0 Å². The topological polar surface area (TPSA) is 17.1 Å². The van der Waals surface area contributed by atoms with Gasteiger partial charge in [0.1, 0.15) is 0 Å². The second kappa shape index (κ2) is 7.08. The van der Waals surface area contributed by atoms with E-state index in [9.17, 15) is 4.79 Å². The van der Waals surface area contributed by atoms with Crippen molar-refractivity contribution >= 4 is 5.78 Å². The lowest BCUT2D eigenvalue weighted by molar-refractivity contribution is -0.114. The Hall–Kier alpha value is -1.03. The summed E-state index contributed by atoms with van der Waals surface area (Å²) in [5.41, 5.74) is 0. The van der Waals surface area contributed by atoms with E-state index < -0.39 is 0 Å². The molecule has 0 atom stereocenters. The van der Waals surface area contributed by atoms with Crippen molar-refractivity contribution in [2.75, 3.05) is 0 Å². The quantitative estimate of drug-likeness (QED) is 0.341. The molecule has 0 fully saturated rings. The van der Waals surface area contributed by atoms with Crippen LogP contribution in [-0.4, -0.2) is 5.78 Å². The average Bonchev–Trinajstić information content (AvgIpc) is 1.99. The number of unbranched alkanes of at least 4 members (excludes halogenated alkanes) is 1. The summed E-state index contributed by atoms with van der Waals surface area (Å²) in [5.74, 6) is 5.91. The Bertz CT molecular complexity index is 191. The predicted molar refractivity (Wildman–Crippen MR) is 47.1 cm³/mol. The molecule has 1 nitrogen and oxygen atoms in total. The number of carbonyl (C=O) groups is 1. The molecular weight excluding hydrogens is 136 g/mol. The third-order valence-corrected chi connectivity index (χ3v) is 1.25. The van der Waals surface area contributed by atoms with E-state index in [0.717, 1.165) is 12.8 Å². The molecule has 60 valence electrons. The van der Waals surface area contributed by atoms with Gasteiger partial charge in [-0.1, -0.05) is 6.08 Å². The van der Waals surface area contributed by atoms with E-state index in [0.29, 0.717) is 6.42 Å². The van der Waals surface area contributed by atoms with E-state index in [1.165, 1.54) is 0 Å². The first-order chi connectivity index (χ1) is 5.31. The number of carbonyl (C=O) groups excluding carboxylic acids is 1. The lowest BCUT2D eigenvalue weighted by atomic mass is 10.2. The Balaban J connectivity index is 3.36. The summed E-state index contributed by atoms with van der Waals surface area (Å²) >= 11 is 0. The highest BCUT2D eigenvalue weighted by Gasteiger charge is 1.93. The van der Waals surface area contributed by atoms with Crippen LogP contribution in [0.1, 0.15) is 33.1 Å². The van der Waals surface area contributed by atoms with Crippen molar-refractivity contribution in [3.63, 3.8) is 0 Å². The summed E-state index contributed by atoms with van der Waals surface area (Å²) in [7, 11) is 0. The van der Waals surface area contributed by atoms with E-state index in [1.807, 2.05) is 13.8 Å². The molecule has 0 unspecified atom stereocenters. The van der Waals surface area contributed by atoms with Crippen molar-refractivity contribution in [3.8, 4) is 11.8 Å². The molecule has 0 aliphatic carbocycles. The van der Waals surface area contributed by atoms with E-state index in [2.05, 4.69) is 11.8 Å². The van der Waals surface area contributed by atoms with Gasteiger partial charge in [0.05, 0.1) is 0 Å². The number of allylic oxidation sites excluding steroid dienone is 2.